The number of sulfonamides is 1. The molecule has 1 aliphatic carbocycles. The summed E-state index contributed by atoms with van der Waals surface area (Å²) in [4.78, 5) is 12.0. The van der Waals surface area contributed by atoms with Gasteiger partial charge in [0.2, 0.25) is 15.9 Å². The van der Waals surface area contributed by atoms with Gasteiger partial charge in [0, 0.05) is 6.04 Å². The zero-order valence-electron chi connectivity index (χ0n) is 12.7. The summed E-state index contributed by atoms with van der Waals surface area (Å²) in [5.41, 5.74) is 0.302. The summed E-state index contributed by atoms with van der Waals surface area (Å²) in [5, 5.41) is 2.85. The molecule has 1 aromatic rings. The van der Waals surface area contributed by atoms with E-state index in [1.807, 2.05) is 0 Å². The predicted molar refractivity (Wildman–Crippen MR) is 81.3 cm³/mol. The number of halogens is 1. The van der Waals surface area contributed by atoms with Gasteiger partial charge in [0.1, 0.15) is 5.82 Å². The Morgan fingerprint density at radius 3 is 2.55 bits per heavy atom. The van der Waals surface area contributed by atoms with Gasteiger partial charge in [-0.1, -0.05) is 12.8 Å². The number of hydrogen-bond acceptors (Lipinski definition) is 3. The fourth-order valence-electron chi connectivity index (χ4n) is 2.66. The number of benzene rings is 1. The van der Waals surface area contributed by atoms with Crippen LogP contribution in [0.3, 0.4) is 0 Å². The maximum atomic E-state index is 13.1. The van der Waals surface area contributed by atoms with Crippen LogP contribution in [0.25, 0.3) is 0 Å². The summed E-state index contributed by atoms with van der Waals surface area (Å²) in [5.74, 6) is -0.835. The third-order valence-corrected chi connectivity index (χ3v) is 5.55. The van der Waals surface area contributed by atoms with Gasteiger partial charge in [-0.3, -0.25) is 4.79 Å². The second-order valence-corrected chi connectivity index (χ2v) is 7.43. The van der Waals surface area contributed by atoms with Crippen molar-refractivity contribution in [2.75, 3.05) is 0 Å². The Morgan fingerprint density at radius 1 is 1.32 bits per heavy atom. The lowest BCUT2D eigenvalue weighted by Crippen LogP contribution is -2.47. The molecule has 1 saturated carbocycles. The lowest BCUT2D eigenvalue weighted by Gasteiger charge is -2.18. The minimum absolute atomic E-state index is 0.0191. The van der Waals surface area contributed by atoms with Crippen molar-refractivity contribution in [3.8, 4) is 0 Å². The Kier molecular flexibility index (Phi) is 5.18. The number of rotatable bonds is 5. The molecule has 1 unspecified atom stereocenters. The molecule has 0 saturated heterocycles. The summed E-state index contributed by atoms with van der Waals surface area (Å²) in [6, 6.07) is 2.69. The molecule has 1 aromatic carbocycles. The van der Waals surface area contributed by atoms with Crippen molar-refractivity contribution < 1.29 is 17.6 Å². The maximum absolute atomic E-state index is 13.1. The van der Waals surface area contributed by atoms with E-state index in [9.17, 15) is 17.6 Å². The van der Waals surface area contributed by atoms with Gasteiger partial charge in [-0.25, -0.2) is 12.8 Å². The lowest BCUT2D eigenvalue weighted by atomic mass is 10.2. The van der Waals surface area contributed by atoms with Crippen LogP contribution in [0.1, 0.15) is 38.2 Å². The highest BCUT2D eigenvalue weighted by molar-refractivity contribution is 7.89. The molecule has 2 N–H and O–H groups in total. The third kappa shape index (κ3) is 4.04. The molecule has 0 aromatic heterocycles. The average molecular weight is 328 g/mol. The van der Waals surface area contributed by atoms with E-state index in [0.29, 0.717) is 5.56 Å². The Hall–Kier alpha value is -1.47. The molecule has 0 heterocycles. The van der Waals surface area contributed by atoms with E-state index >= 15 is 0 Å². The zero-order chi connectivity index (χ0) is 16.3. The second-order valence-electron chi connectivity index (χ2n) is 5.74. The minimum atomic E-state index is -3.86. The number of carbonyl (C=O) groups excluding carboxylic acids is 1. The minimum Gasteiger partial charge on any atom is -0.352 e. The van der Waals surface area contributed by atoms with Crippen LogP contribution in [0.4, 0.5) is 4.39 Å². The molecule has 0 aliphatic heterocycles. The molecule has 0 spiro atoms. The standard InChI is InChI=1S/C15H21FN2O3S/c1-10-9-12(16)7-8-14(10)22(20,21)18-11(2)15(19)17-13-5-3-4-6-13/h7-9,11,13,18H,3-6H2,1-2H3,(H,17,19). The zero-order valence-corrected chi connectivity index (χ0v) is 13.5. The van der Waals surface area contributed by atoms with Crippen LogP contribution in [0.2, 0.25) is 0 Å². The van der Waals surface area contributed by atoms with E-state index in [1.165, 1.54) is 19.9 Å². The van der Waals surface area contributed by atoms with Gasteiger partial charge in [0.05, 0.1) is 10.9 Å². The number of hydrogen-bond donors (Lipinski definition) is 2. The van der Waals surface area contributed by atoms with Crippen molar-refractivity contribution >= 4 is 15.9 Å². The number of carbonyl (C=O) groups is 1. The summed E-state index contributed by atoms with van der Waals surface area (Å²) in [6.07, 6.45) is 4.03. The highest BCUT2D eigenvalue weighted by Crippen LogP contribution is 2.18. The predicted octanol–water partition coefficient (Wildman–Crippen LogP) is 1.86. The van der Waals surface area contributed by atoms with Gasteiger partial charge in [-0.15, -0.1) is 0 Å². The molecule has 0 bridgehead atoms. The van der Waals surface area contributed by atoms with Gasteiger partial charge in [-0.2, -0.15) is 4.72 Å². The number of aryl methyl sites for hydroxylation is 1. The Bertz CT molecular complexity index is 655. The van der Waals surface area contributed by atoms with E-state index < -0.39 is 21.9 Å². The molecule has 1 fully saturated rings. The van der Waals surface area contributed by atoms with Crippen LogP contribution < -0.4 is 10.0 Å². The van der Waals surface area contributed by atoms with Crippen LogP contribution in [0.15, 0.2) is 23.1 Å². The van der Waals surface area contributed by atoms with E-state index in [-0.39, 0.29) is 16.8 Å². The highest BCUT2D eigenvalue weighted by Gasteiger charge is 2.25. The van der Waals surface area contributed by atoms with Crippen LogP contribution in [-0.4, -0.2) is 26.4 Å². The summed E-state index contributed by atoms with van der Waals surface area (Å²) >= 11 is 0. The van der Waals surface area contributed by atoms with E-state index in [1.54, 1.807) is 0 Å². The SMILES string of the molecule is Cc1cc(F)ccc1S(=O)(=O)NC(C)C(=O)NC1CCCC1. The van der Waals surface area contributed by atoms with Gasteiger partial charge < -0.3 is 5.32 Å². The summed E-state index contributed by atoms with van der Waals surface area (Å²) < 4.78 is 40.0. The van der Waals surface area contributed by atoms with Gasteiger partial charge in [0.15, 0.2) is 0 Å². The van der Waals surface area contributed by atoms with Crippen molar-refractivity contribution in [1.29, 1.82) is 0 Å². The molecular formula is C15H21FN2O3S. The van der Waals surface area contributed by atoms with E-state index in [0.717, 1.165) is 37.8 Å². The first-order chi connectivity index (χ1) is 10.3. The second kappa shape index (κ2) is 6.75. The molecule has 22 heavy (non-hydrogen) atoms. The summed E-state index contributed by atoms with van der Waals surface area (Å²) in [7, 11) is -3.86. The van der Waals surface area contributed by atoms with Crippen LogP contribution in [-0.2, 0) is 14.8 Å². The monoisotopic (exact) mass is 328 g/mol. The Labute approximate surface area is 130 Å². The van der Waals surface area contributed by atoms with Crippen LogP contribution >= 0.6 is 0 Å². The molecule has 7 heteroatoms. The molecule has 1 atom stereocenters. The highest BCUT2D eigenvalue weighted by atomic mass is 32.2. The Morgan fingerprint density at radius 2 is 1.95 bits per heavy atom. The van der Waals surface area contributed by atoms with E-state index in [2.05, 4.69) is 10.0 Å². The smallest absolute Gasteiger partial charge is 0.241 e. The average Bonchev–Trinajstić information content (AvgIpc) is 2.90. The fraction of sp³-hybridized carbons (Fsp3) is 0.533. The molecular weight excluding hydrogens is 307 g/mol. The largest absolute Gasteiger partial charge is 0.352 e. The van der Waals surface area contributed by atoms with Crippen molar-refractivity contribution in [3.05, 3.63) is 29.6 Å². The molecule has 0 radical (unpaired) electrons. The normalized spacial score (nSPS) is 17.4. The van der Waals surface area contributed by atoms with Crippen molar-refractivity contribution in [2.24, 2.45) is 0 Å². The van der Waals surface area contributed by atoms with E-state index in [4.69, 9.17) is 0 Å². The van der Waals surface area contributed by atoms with Crippen molar-refractivity contribution in [1.82, 2.24) is 10.0 Å². The lowest BCUT2D eigenvalue weighted by molar-refractivity contribution is -0.123. The quantitative estimate of drug-likeness (QED) is 0.866. The van der Waals surface area contributed by atoms with Crippen molar-refractivity contribution in [2.45, 2.75) is 56.5 Å². The first-order valence-corrected chi connectivity index (χ1v) is 8.87. The summed E-state index contributed by atoms with van der Waals surface area (Å²) in [6.45, 7) is 3.02. The fourth-order valence-corrected chi connectivity index (χ4v) is 4.09. The molecule has 1 amide bonds. The Balaban J connectivity index is 2.05. The molecule has 2 rings (SSSR count). The van der Waals surface area contributed by atoms with Gasteiger partial charge in [-0.05, 0) is 50.5 Å². The van der Waals surface area contributed by atoms with Gasteiger partial charge in [0.25, 0.3) is 0 Å². The molecule has 5 nitrogen and oxygen atoms in total. The number of amides is 1. The van der Waals surface area contributed by atoms with Crippen LogP contribution in [0.5, 0.6) is 0 Å². The van der Waals surface area contributed by atoms with Gasteiger partial charge >= 0.3 is 0 Å². The van der Waals surface area contributed by atoms with Crippen LogP contribution in [0, 0.1) is 12.7 Å². The van der Waals surface area contributed by atoms with Crippen molar-refractivity contribution in [3.63, 3.8) is 0 Å². The molecule has 1 aliphatic rings. The third-order valence-electron chi connectivity index (χ3n) is 3.85. The maximum Gasteiger partial charge on any atom is 0.241 e. The first kappa shape index (κ1) is 16.9. The topological polar surface area (TPSA) is 75.3 Å². The first-order valence-electron chi connectivity index (χ1n) is 7.38. The number of nitrogens with one attached hydrogen (secondary N) is 2. The molecule has 122 valence electrons.